The molecule has 1 fully saturated rings. The van der Waals surface area contributed by atoms with Crippen molar-refractivity contribution < 1.29 is 12.8 Å². The second-order valence-corrected chi connectivity index (χ2v) is 6.51. The SMILES string of the molecule is CCC1(CC)CCC(F)CS(=O)(=O)C1. The highest BCUT2D eigenvalue weighted by Crippen LogP contribution is 2.37. The minimum absolute atomic E-state index is 0.167. The van der Waals surface area contributed by atoms with Crippen LogP contribution in [0.3, 0.4) is 0 Å². The van der Waals surface area contributed by atoms with Crippen molar-refractivity contribution in [3.63, 3.8) is 0 Å². The molecule has 2 nitrogen and oxygen atoms in total. The molecule has 0 aromatic rings. The van der Waals surface area contributed by atoms with Gasteiger partial charge < -0.3 is 0 Å². The van der Waals surface area contributed by atoms with Crippen LogP contribution >= 0.6 is 0 Å². The molecule has 0 bridgehead atoms. The molecule has 0 aliphatic carbocycles. The third kappa shape index (κ3) is 2.69. The Labute approximate surface area is 85.8 Å². The summed E-state index contributed by atoms with van der Waals surface area (Å²) in [7, 11) is -3.18. The van der Waals surface area contributed by atoms with E-state index in [0.717, 1.165) is 12.8 Å². The molecule has 84 valence electrons. The first-order valence-electron chi connectivity index (χ1n) is 5.27. The van der Waals surface area contributed by atoms with Gasteiger partial charge in [-0.2, -0.15) is 0 Å². The average molecular weight is 222 g/mol. The van der Waals surface area contributed by atoms with Gasteiger partial charge in [0.25, 0.3) is 0 Å². The van der Waals surface area contributed by atoms with Gasteiger partial charge in [-0.1, -0.05) is 13.8 Å². The molecule has 0 aromatic carbocycles. The molecule has 1 rings (SSSR count). The van der Waals surface area contributed by atoms with Crippen molar-refractivity contribution in [3.8, 4) is 0 Å². The minimum Gasteiger partial charge on any atom is -0.246 e. The third-order valence-corrected chi connectivity index (χ3v) is 5.37. The fraction of sp³-hybridized carbons (Fsp3) is 1.00. The maximum Gasteiger partial charge on any atom is 0.153 e. The number of hydrogen-bond donors (Lipinski definition) is 0. The van der Waals surface area contributed by atoms with Crippen molar-refractivity contribution in [2.75, 3.05) is 11.5 Å². The van der Waals surface area contributed by atoms with Crippen LogP contribution in [0.4, 0.5) is 4.39 Å². The van der Waals surface area contributed by atoms with Gasteiger partial charge >= 0.3 is 0 Å². The van der Waals surface area contributed by atoms with Gasteiger partial charge in [-0.25, -0.2) is 12.8 Å². The highest BCUT2D eigenvalue weighted by molar-refractivity contribution is 7.91. The molecular weight excluding hydrogens is 203 g/mol. The van der Waals surface area contributed by atoms with Crippen molar-refractivity contribution >= 4 is 9.84 Å². The summed E-state index contributed by atoms with van der Waals surface area (Å²) in [4.78, 5) is 0. The highest BCUT2D eigenvalue weighted by atomic mass is 32.2. The number of rotatable bonds is 2. The van der Waals surface area contributed by atoms with Gasteiger partial charge in [-0.05, 0) is 31.1 Å². The predicted octanol–water partition coefficient (Wildman–Crippen LogP) is 2.34. The molecule has 1 aliphatic rings. The van der Waals surface area contributed by atoms with Gasteiger partial charge in [0.05, 0.1) is 11.5 Å². The first-order chi connectivity index (χ1) is 6.43. The Balaban J connectivity index is 2.91. The Bertz CT molecular complexity index is 280. The lowest BCUT2D eigenvalue weighted by Gasteiger charge is -2.29. The van der Waals surface area contributed by atoms with Crippen LogP contribution in [-0.4, -0.2) is 26.1 Å². The summed E-state index contributed by atoms with van der Waals surface area (Å²) in [5, 5.41) is 0. The quantitative estimate of drug-likeness (QED) is 0.718. The van der Waals surface area contributed by atoms with Crippen LogP contribution in [-0.2, 0) is 9.84 Å². The summed E-state index contributed by atoms with van der Waals surface area (Å²) in [5.41, 5.74) is -0.167. The van der Waals surface area contributed by atoms with Gasteiger partial charge in [0, 0.05) is 0 Å². The molecule has 14 heavy (non-hydrogen) atoms. The van der Waals surface area contributed by atoms with Crippen molar-refractivity contribution in [2.45, 2.75) is 45.7 Å². The van der Waals surface area contributed by atoms with E-state index in [4.69, 9.17) is 0 Å². The lowest BCUT2D eigenvalue weighted by molar-refractivity contribution is 0.239. The maximum atomic E-state index is 13.2. The van der Waals surface area contributed by atoms with E-state index >= 15 is 0 Å². The lowest BCUT2D eigenvalue weighted by atomic mass is 9.80. The van der Waals surface area contributed by atoms with E-state index in [1.165, 1.54) is 0 Å². The Hall–Kier alpha value is -0.120. The van der Waals surface area contributed by atoms with Crippen LogP contribution in [0.5, 0.6) is 0 Å². The second kappa shape index (κ2) is 4.17. The molecule has 1 unspecified atom stereocenters. The molecule has 0 amide bonds. The second-order valence-electron chi connectivity index (χ2n) is 4.40. The van der Waals surface area contributed by atoms with Gasteiger partial charge in [0.1, 0.15) is 6.17 Å². The first-order valence-corrected chi connectivity index (χ1v) is 7.10. The normalized spacial score (nSPS) is 30.9. The van der Waals surface area contributed by atoms with Crippen LogP contribution in [0.1, 0.15) is 39.5 Å². The Morgan fingerprint density at radius 2 is 1.93 bits per heavy atom. The topological polar surface area (TPSA) is 34.1 Å². The standard InChI is InChI=1S/C10H19FO2S/c1-3-10(4-2)6-5-9(11)7-14(12,13)8-10/h9H,3-8H2,1-2H3. The van der Waals surface area contributed by atoms with Crippen LogP contribution in [0, 0.1) is 5.41 Å². The number of alkyl halides is 1. The van der Waals surface area contributed by atoms with Crippen LogP contribution in [0.15, 0.2) is 0 Å². The first kappa shape index (κ1) is 12.0. The van der Waals surface area contributed by atoms with E-state index in [0.29, 0.717) is 12.8 Å². The Kier molecular flexibility index (Phi) is 3.56. The molecule has 4 heteroatoms. The van der Waals surface area contributed by atoms with Gasteiger partial charge in [0.15, 0.2) is 9.84 Å². The fourth-order valence-corrected chi connectivity index (χ4v) is 4.55. The molecule has 1 aliphatic heterocycles. The zero-order valence-corrected chi connectivity index (χ0v) is 9.74. The largest absolute Gasteiger partial charge is 0.246 e. The number of halogens is 1. The van der Waals surface area contributed by atoms with E-state index in [9.17, 15) is 12.8 Å². The summed E-state index contributed by atoms with van der Waals surface area (Å²) in [6.07, 6.45) is 1.62. The summed E-state index contributed by atoms with van der Waals surface area (Å²) >= 11 is 0. The van der Waals surface area contributed by atoms with Crippen LogP contribution < -0.4 is 0 Å². The average Bonchev–Trinajstić information content (AvgIpc) is 2.22. The van der Waals surface area contributed by atoms with Crippen molar-refractivity contribution in [2.24, 2.45) is 5.41 Å². The van der Waals surface area contributed by atoms with Gasteiger partial charge in [0.2, 0.25) is 0 Å². The smallest absolute Gasteiger partial charge is 0.153 e. The van der Waals surface area contributed by atoms with Crippen molar-refractivity contribution in [3.05, 3.63) is 0 Å². The molecule has 0 aromatic heterocycles. The summed E-state index contributed by atoms with van der Waals surface area (Å²) in [6, 6.07) is 0. The number of sulfone groups is 1. The summed E-state index contributed by atoms with van der Waals surface area (Å²) < 4.78 is 36.3. The van der Waals surface area contributed by atoms with E-state index in [-0.39, 0.29) is 16.9 Å². The predicted molar refractivity (Wildman–Crippen MR) is 55.8 cm³/mol. The number of hydrogen-bond acceptors (Lipinski definition) is 2. The van der Waals surface area contributed by atoms with Crippen molar-refractivity contribution in [1.82, 2.24) is 0 Å². The lowest BCUT2D eigenvalue weighted by Crippen LogP contribution is -2.28. The third-order valence-electron chi connectivity index (χ3n) is 3.45. The molecule has 0 spiro atoms. The zero-order valence-electron chi connectivity index (χ0n) is 8.92. The van der Waals surface area contributed by atoms with Gasteiger partial charge in [-0.3, -0.25) is 0 Å². The monoisotopic (exact) mass is 222 g/mol. The highest BCUT2D eigenvalue weighted by Gasteiger charge is 2.37. The molecule has 0 radical (unpaired) electrons. The maximum absolute atomic E-state index is 13.2. The van der Waals surface area contributed by atoms with Crippen LogP contribution in [0.2, 0.25) is 0 Å². The molecule has 0 saturated carbocycles. The molecule has 0 N–H and O–H groups in total. The summed E-state index contributed by atoms with van der Waals surface area (Å²) in [5.74, 6) is -0.0951. The Morgan fingerprint density at radius 1 is 1.36 bits per heavy atom. The molecule has 1 saturated heterocycles. The van der Waals surface area contributed by atoms with E-state index < -0.39 is 16.0 Å². The van der Waals surface area contributed by atoms with Crippen molar-refractivity contribution in [1.29, 1.82) is 0 Å². The minimum atomic E-state index is -3.18. The zero-order chi connectivity index (χ0) is 10.8. The molecule has 1 atom stereocenters. The van der Waals surface area contributed by atoms with Crippen LogP contribution in [0.25, 0.3) is 0 Å². The van der Waals surface area contributed by atoms with Gasteiger partial charge in [-0.15, -0.1) is 0 Å². The van der Waals surface area contributed by atoms with E-state index in [1.807, 2.05) is 13.8 Å². The Morgan fingerprint density at radius 3 is 2.43 bits per heavy atom. The molecule has 1 heterocycles. The van der Waals surface area contributed by atoms with E-state index in [1.54, 1.807) is 0 Å². The van der Waals surface area contributed by atoms with E-state index in [2.05, 4.69) is 0 Å². The fourth-order valence-electron chi connectivity index (χ4n) is 2.23. The summed E-state index contributed by atoms with van der Waals surface area (Å²) in [6.45, 7) is 4.00. The molecular formula is C10H19FO2S.